The van der Waals surface area contributed by atoms with Gasteiger partial charge in [0.2, 0.25) is 0 Å². The van der Waals surface area contributed by atoms with E-state index in [1.807, 2.05) is 20.8 Å². The van der Waals surface area contributed by atoms with Gasteiger partial charge in [-0.25, -0.2) is 9.07 Å². The molecule has 0 spiro atoms. The Kier molecular flexibility index (Phi) is 4.88. The van der Waals surface area contributed by atoms with Gasteiger partial charge in [-0.15, -0.1) is 5.17 Å². The minimum atomic E-state index is -0.450. The van der Waals surface area contributed by atoms with Crippen LogP contribution in [0.15, 0.2) is 18.2 Å². The number of unbranched alkanes of at least 4 members (excludes halogenated alkanes) is 2. The maximum Gasteiger partial charge on any atom is 0.267 e. The number of benzene rings is 1. The van der Waals surface area contributed by atoms with Crippen LogP contribution >= 0.6 is 0 Å². The van der Waals surface area contributed by atoms with Crippen molar-refractivity contribution in [2.24, 2.45) is 5.41 Å². The fraction of sp³-hybridized carbons (Fsp3) is 0.500. The molecule has 0 atom stereocenters. The van der Waals surface area contributed by atoms with Crippen molar-refractivity contribution in [3.63, 3.8) is 0 Å². The molecule has 140 valence electrons. The van der Waals surface area contributed by atoms with Crippen LogP contribution in [0.2, 0.25) is 0 Å². The molecular formula is C20H25FN2O3. The van der Waals surface area contributed by atoms with Crippen LogP contribution in [0, 0.1) is 11.2 Å². The second-order valence-corrected chi connectivity index (χ2v) is 7.88. The Labute approximate surface area is 152 Å². The molecule has 26 heavy (non-hydrogen) atoms. The fourth-order valence-electron chi connectivity index (χ4n) is 3.77. The number of halogens is 1. The second-order valence-electron chi connectivity index (χ2n) is 7.88. The lowest BCUT2D eigenvalue weighted by Gasteiger charge is -2.31. The number of rotatable bonds is 5. The van der Waals surface area contributed by atoms with E-state index in [0.29, 0.717) is 46.6 Å². The quantitative estimate of drug-likeness (QED) is 0.489. The van der Waals surface area contributed by atoms with Gasteiger partial charge in [0.25, 0.3) is 5.91 Å². The molecule has 0 radical (unpaired) electrons. The third-order valence-corrected chi connectivity index (χ3v) is 4.97. The maximum absolute atomic E-state index is 13.8. The highest BCUT2D eigenvalue weighted by molar-refractivity contribution is 6.11. The first-order chi connectivity index (χ1) is 12.2. The molecule has 5 nitrogen and oxygen atoms in total. The van der Waals surface area contributed by atoms with Crippen molar-refractivity contribution in [3.8, 4) is 0 Å². The summed E-state index contributed by atoms with van der Waals surface area (Å²) < 4.78 is 15.2. The van der Waals surface area contributed by atoms with Crippen LogP contribution in [0.4, 0.5) is 4.39 Å². The normalized spacial score (nSPS) is 16.0. The second kappa shape index (κ2) is 6.83. The van der Waals surface area contributed by atoms with Crippen molar-refractivity contribution >= 4 is 22.6 Å². The van der Waals surface area contributed by atoms with Crippen LogP contribution in [0.3, 0.4) is 0 Å². The van der Waals surface area contributed by atoms with Crippen molar-refractivity contribution in [2.75, 3.05) is 5.17 Å². The lowest BCUT2D eigenvalue weighted by molar-refractivity contribution is -0.127. The average molecular weight is 360 g/mol. The van der Waals surface area contributed by atoms with Gasteiger partial charge >= 0.3 is 0 Å². The molecule has 1 aromatic carbocycles. The highest BCUT2D eigenvalue weighted by Gasteiger charge is 2.37. The average Bonchev–Trinajstić information content (AvgIpc) is 2.86. The van der Waals surface area contributed by atoms with Gasteiger partial charge in [0.05, 0.1) is 11.2 Å². The molecule has 1 aromatic heterocycles. The summed E-state index contributed by atoms with van der Waals surface area (Å²) in [5.74, 6) is -0.968. The predicted octanol–water partition coefficient (Wildman–Crippen LogP) is 4.37. The number of hydroxylamine groups is 1. The zero-order valence-corrected chi connectivity index (χ0v) is 15.5. The number of hydrogen-bond donors (Lipinski definition) is 1. The molecule has 2 aromatic rings. The van der Waals surface area contributed by atoms with E-state index < -0.39 is 11.7 Å². The number of carbonyl (C=O) groups excluding carboxylic acids is 2. The van der Waals surface area contributed by atoms with Crippen LogP contribution in [0.1, 0.15) is 68.9 Å². The van der Waals surface area contributed by atoms with Crippen LogP contribution in [0.25, 0.3) is 10.9 Å². The summed E-state index contributed by atoms with van der Waals surface area (Å²) in [5.41, 5.74) is 1.16. The largest absolute Gasteiger partial charge is 0.294 e. The molecule has 1 amide bonds. The summed E-state index contributed by atoms with van der Waals surface area (Å²) in [7, 11) is 0. The van der Waals surface area contributed by atoms with Gasteiger partial charge < -0.3 is 0 Å². The summed E-state index contributed by atoms with van der Waals surface area (Å²) in [4.78, 5) is 25.2. The Bertz CT molecular complexity index is 870. The minimum absolute atomic E-state index is 0.0857. The van der Waals surface area contributed by atoms with E-state index in [0.717, 1.165) is 12.8 Å². The summed E-state index contributed by atoms with van der Waals surface area (Å²) >= 11 is 0. The van der Waals surface area contributed by atoms with E-state index in [2.05, 4.69) is 0 Å². The van der Waals surface area contributed by atoms with Gasteiger partial charge in [-0.1, -0.05) is 33.6 Å². The first-order valence-corrected chi connectivity index (χ1v) is 9.13. The Morgan fingerprint density at radius 3 is 2.73 bits per heavy atom. The van der Waals surface area contributed by atoms with Crippen LogP contribution in [-0.2, 0) is 11.2 Å². The Balaban J connectivity index is 2.13. The van der Waals surface area contributed by atoms with E-state index in [4.69, 9.17) is 0 Å². The van der Waals surface area contributed by atoms with Crippen molar-refractivity contribution in [3.05, 3.63) is 35.3 Å². The third-order valence-electron chi connectivity index (χ3n) is 4.97. The Morgan fingerprint density at radius 2 is 2.04 bits per heavy atom. The fourth-order valence-corrected chi connectivity index (χ4v) is 3.77. The summed E-state index contributed by atoms with van der Waals surface area (Å²) in [6.07, 6.45) is 3.66. The molecule has 0 saturated heterocycles. The zero-order valence-electron chi connectivity index (χ0n) is 15.5. The van der Waals surface area contributed by atoms with Crippen molar-refractivity contribution < 1.29 is 19.2 Å². The smallest absolute Gasteiger partial charge is 0.267 e. The molecule has 3 rings (SSSR count). The number of carbonyl (C=O) groups is 2. The predicted molar refractivity (Wildman–Crippen MR) is 97.5 cm³/mol. The standard InChI is InChI=1S/C20H25FN2O3/c1-4-5-6-7-18(25)23(26)22-15-9-8-13(21)10-14(15)19-16(22)11-20(2,3)12-17(19)24/h8-10,26H,4-7,11-12H2,1-3H3. The number of nitrogens with zero attached hydrogens (tertiary/aromatic N) is 2. The topological polar surface area (TPSA) is 62.5 Å². The molecule has 0 aliphatic heterocycles. The van der Waals surface area contributed by atoms with Gasteiger partial charge in [0, 0.05) is 23.8 Å². The number of amides is 1. The molecule has 1 N–H and O–H groups in total. The van der Waals surface area contributed by atoms with E-state index >= 15 is 0 Å². The third kappa shape index (κ3) is 3.26. The van der Waals surface area contributed by atoms with Gasteiger partial charge in [0.1, 0.15) is 5.82 Å². The first-order valence-electron chi connectivity index (χ1n) is 9.13. The molecule has 1 heterocycles. The summed E-state index contributed by atoms with van der Waals surface area (Å²) in [6.45, 7) is 5.99. The highest BCUT2D eigenvalue weighted by atomic mass is 19.1. The van der Waals surface area contributed by atoms with Crippen molar-refractivity contribution in [1.82, 2.24) is 4.68 Å². The molecule has 1 aliphatic rings. The monoisotopic (exact) mass is 360 g/mol. The van der Waals surface area contributed by atoms with Gasteiger partial charge in [-0.3, -0.25) is 14.8 Å². The lowest BCUT2D eigenvalue weighted by Crippen LogP contribution is -2.40. The first kappa shape index (κ1) is 18.6. The molecule has 0 fully saturated rings. The Hall–Kier alpha value is -2.21. The van der Waals surface area contributed by atoms with E-state index in [9.17, 15) is 19.2 Å². The molecule has 0 bridgehead atoms. The SMILES string of the molecule is CCCCCC(=O)N(O)n1c2c(c3cc(F)ccc31)C(=O)CC(C)(C)C2. The van der Waals surface area contributed by atoms with Gasteiger partial charge in [0.15, 0.2) is 5.78 Å². The van der Waals surface area contributed by atoms with Crippen molar-refractivity contribution in [1.29, 1.82) is 0 Å². The molecule has 0 unspecified atom stereocenters. The lowest BCUT2D eigenvalue weighted by atomic mass is 9.76. The van der Waals surface area contributed by atoms with Crippen LogP contribution < -0.4 is 5.17 Å². The van der Waals surface area contributed by atoms with Crippen LogP contribution in [-0.4, -0.2) is 21.6 Å². The molecule has 6 heteroatoms. The number of Topliss-reactive ketones (excluding diaryl/α,β-unsaturated/α-hetero) is 1. The van der Waals surface area contributed by atoms with Gasteiger partial charge in [-0.2, -0.15) is 0 Å². The molecular weight excluding hydrogens is 335 g/mol. The van der Waals surface area contributed by atoms with Crippen LogP contribution in [0.5, 0.6) is 0 Å². The number of hydrogen-bond acceptors (Lipinski definition) is 3. The number of aromatic nitrogens is 1. The molecule has 0 saturated carbocycles. The van der Waals surface area contributed by atoms with E-state index in [-0.39, 0.29) is 17.6 Å². The Morgan fingerprint density at radius 1 is 1.31 bits per heavy atom. The number of fused-ring (bicyclic) bond motifs is 3. The summed E-state index contributed by atoms with van der Waals surface area (Å²) in [6, 6.07) is 4.08. The molecule has 1 aliphatic carbocycles. The van der Waals surface area contributed by atoms with E-state index in [1.54, 1.807) is 0 Å². The minimum Gasteiger partial charge on any atom is -0.294 e. The summed E-state index contributed by atoms with van der Waals surface area (Å²) in [5, 5.41) is 11.6. The zero-order chi connectivity index (χ0) is 19.1. The van der Waals surface area contributed by atoms with E-state index in [1.165, 1.54) is 22.9 Å². The van der Waals surface area contributed by atoms with Gasteiger partial charge in [-0.05, 0) is 36.5 Å². The number of ketones is 1. The maximum atomic E-state index is 13.8. The highest BCUT2D eigenvalue weighted by Crippen LogP contribution is 2.40. The van der Waals surface area contributed by atoms with Crippen molar-refractivity contribution in [2.45, 2.75) is 59.3 Å².